The number of hydrogen-bond acceptors (Lipinski definition) is 5. The Hall–Kier alpha value is -2.43. The van der Waals surface area contributed by atoms with Crippen LogP contribution in [0.15, 0.2) is 34.7 Å². The first-order valence-electron chi connectivity index (χ1n) is 8.27. The van der Waals surface area contributed by atoms with E-state index in [1.165, 1.54) is 25.7 Å². The van der Waals surface area contributed by atoms with Gasteiger partial charge in [0.1, 0.15) is 0 Å². The molecular formula is C18H20N4O. The maximum absolute atomic E-state index is 5.91. The molecule has 3 aromatic rings. The molecule has 0 spiro atoms. The molecular weight excluding hydrogens is 288 g/mol. The number of hydrogen-bond donors (Lipinski definition) is 0. The van der Waals surface area contributed by atoms with Crippen molar-refractivity contribution in [3.8, 4) is 11.5 Å². The van der Waals surface area contributed by atoms with Crippen molar-refractivity contribution in [1.82, 2.24) is 15.0 Å². The zero-order valence-corrected chi connectivity index (χ0v) is 13.3. The lowest BCUT2D eigenvalue weighted by molar-refractivity contribution is 0.605. The van der Waals surface area contributed by atoms with Crippen molar-refractivity contribution in [3.63, 3.8) is 0 Å². The molecule has 1 aromatic carbocycles. The Morgan fingerprint density at radius 2 is 1.65 bits per heavy atom. The van der Waals surface area contributed by atoms with Gasteiger partial charge in [0.25, 0.3) is 5.71 Å². The number of benzene rings is 1. The molecule has 1 aliphatic rings. The smallest absolute Gasteiger partial charge is 0.252 e. The quantitative estimate of drug-likeness (QED) is 0.717. The molecule has 5 heteroatoms. The van der Waals surface area contributed by atoms with Crippen LogP contribution in [0.1, 0.15) is 31.4 Å². The number of oxazole rings is 1. The van der Waals surface area contributed by atoms with Gasteiger partial charge in [-0.3, -0.25) is 0 Å². The summed E-state index contributed by atoms with van der Waals surface area (Å²) in [4.78, 5) is 16.1. The van der Waals surface area contributed by atoms with Crippen molar-refractivity contribution in [1.29, 1.82) is 0 Å². The van der Waals surface area contributed by atoms with Gasteiger partial charge in [0.15, 0.2) is 5.52 Å². The van der Waals surface area contributed by atoms with Crippen LogP contribution in [-0.2, 0) is 0 Å². The standard InChI is InChI=1S/C18H20N4O/c1-13-15-17(23-16(20-15)14-9-5-4-6-10-14)21-18(19-13)22-11-7-2-3-8-12-22/h4-6,9-10H,2-3,7-8,11-12H2,1H3. The molecule has 1 aliphatic heterocycles. The highest BCUT2D eigenvalue weighted by molar-refractivity contribution is 5.76. The van der Waals surface area contributed by atoms with E-state index < -0.39 is 0 Å². The van der Waals surface area contributed by atoms with Crippen LogP contribution in [-0.4, -0.2) is 28.0 Å². The maximum atomic E-state index is 5.91. The van der Waals surface area contributed by atoms with E-state index in [1.54, 1.807) is 0 Å². The van der Waals surface area contributed by atoms with E-state index in [2.05, 4.69) is 19.9 Å². The fourth-order valence-corrected chi connectivity index (χ4v) is 3.06. The molecule has 118 valence electrons. The molecule has 0 atom stereocenters. The molecule has 5 nitrogen and oxygen atoms in total. The first-order chi connectivity index (χ1) is 11.3. The van der Waals surface area contributed by atoms with Crippen LogP contribution in [0.25, 0.3) is 22.7 Å². The number of nitrogens with zero attached hydrogens (tertiary/aromatic N) is 4. The van der Waals surface area contributed by atoms with Gasteiger partial charge >= 0.3 is 0 Å². The largest absolute Gasteiger partial charge is 0.417 e. The fourth-order valence-electron chi connectivity index (χ4n) is 3.06. The predicted molar refractivity (Wildman–Crippen MR) is 90.5 cm³/mol. The second kappa shape index (κ2) is 5.99. The summed E-state index contributed by atoms with van der Waals surface area (Å²) >= 11 is 0. The highest BCUT2D eigenvalue weighted by Crippen LogP contribution is 2.26. The molecule has 0 radical (unpaired) electrons. The minimum atomic E-state index is 0.579. The van der Waals surface area contributed by atoms with E-state index in [9.17, 15) is 0 Å². The van der Waals surface area contributed by atoms with Crippen molar-refractivity contribution in [2.75, 3.05) is 18.0 Å². The summed E-state index contributed by atoms with van der Waals surface area (Å²) in [6.07, 6.45) is 4.98. The second-order valence-corrected chi connectivity index (χ2v) is 6.05. The van der Waals surface area contributed by atoms with E-state index in [0.29, 0.717) is 11.6 Å². The van der Waals surface area contributed by atoms with Crippen LogP contribution in [0.2, 0.25) is 0 Å². The fraction of sp³-hybridized carbons (Fsp3) is 0.389. The third kappa shape index (κ3) is 2.79. The molecule has 0 aliphatic carbocycles. The SMILES string of the molecule is Cc1nc(N2CCCCCC2)nc2oc(-c3ccccc3)nc12. The molecule has 0 saturated carbocycles. The van der Waals surface area contributed by atoms with Crippen molar-refractivity contribution < 1.29 is 4.42 Å². The summed E-state index contributed by atoms with van der Waals surface area (Å²) in [5.74, 6) is 1.37. The Labute approximate surface area is 135 Å². The molecule has 1 fully saturated rings. The molecule has 4 rings (SSSR count). The molecule has 0 unspecified atom stereocenters. The van der Waals surface area contributed by atoms with Crippen molar-refractivity contribution >= 4 is 17.2 Å². The lowest BCUT2D eigenvalue weighted by Gasteiger charge is -2.19. The highest BCUT2D eigenvalue weighted by Gasteiger charge is 2.18. The Morgan fingerprint density at radius 1 is 0.913 bits per heavy atom. The number of fused-ring (bicyclic) bond motifs is 1. The first-order valence-corrected chi connectivity index (χ1v) is 8.27. The topological polar surface area (TPSA) is 55.1 Å². The van der Waals surface area contributed by atoms with E-state index in [1.807, 2.05) is 37.3 Å². The van der Waals surface area contributed by atoms with Gasteiger partial charge < -0.3 is 9.32 Å². The van der Waals surface area contributed by atoms with Crippen LogP contribution in [0.5, 0.6) is 0 Å². The van der Waals surface area contributed by atoms with E-state index >= 15 is 0 Å². The number of aromatic nitrogens is 3. The number of rotatable bonds is 2. The van der Waals surface area contributed by atoms with Gasteiger partial charge in [0.2, 0.25) is 11.8 Å². The van der Waals surface area contributed by atoms with Gasteiger partial charge in [-0.25, -0.2) is 9.97 Å². The van der Waals surface area contributed by atoms with Gasteiger partial charge in [-0.05, 0) is 31.9 Å². The third-order valence-corrected chi connectivity index (χ3v) is 4.33. The third-order valence-electron chi connectivity index (χ3n) is 4.33. The number of aryl methyl sites for hydroxylation is 1. The predicted octanol–water partition coefficient (Wildman–Crippen LogP) is 3.97. The van der Waals surface area contributed by atoms with Crippen molar-refractivity contribution in [2.24, 2.45) is 0 Å². The molecule has 0 amide bonds. The van der Waals surface area contributed by atoms with E-state index in [0.717, 1.165) is 35.8 Å². The van der Waals surface area contributed by atoms with Crippen molar-refractivity contribution in [3.05, 3.63) is 36.0 Å². The van der Waals surface area contributed by atoms with Crippen LogP contribution in [0, 0.1) is 6.92 Å². The van der Waals surface area contributed by atoms with E-state index in [-0.39, 0.29) is 0 Å². The number of anilines is 1. The minimum Gasteiger partial charge on any atom is -0.417 e. The molecule has 23 heavy (non-hydrogen) atoms. The lowest BCUT2D eigenvalue weighted by Crippen LogP contribution is -2.26. The summed E-state index contributed by atoms with van der Waals surface area (Å²) in [5.41, 5.74) is 3.17. The highest BCUT2D eigenvalue weighted by atomic mass is 16.4. The first kappa shape index (κ1) is 14.2. The zero-order chi connectivity index (χ0) is 15.6. The van der Waals surface area contributed by atoms with Gasteiger partial charge in [-0.1, -0.05) is 31.0 Å². The summed E-state index contributed by atoms with van der Waals surface area (Å²) in [6, 6.07) is 9.91. The molecule has 2 aromatic heterocycles. The summed E-state index contributed by atoms with van der Waals surface area (Å²) in [6.45, 7) is 4.01. The van der Waals surface area contributed by atoms with Gasteiger partial charge in [0, 0.05) is 18.7 Å². The molecule has 0 N–H and O–H groups in total. The van der Waals surface area contributed by atoms with E-state index in [4.69, 9.17) is 4.42 Å². The average molecular weight is 308 g/mol. The van der Waals surface area contributed by atoms with Crippen molar-refractivity contribution in [2.45, 2.75) is 32.6 Å². The van der Waals surface area contributed by atoms with Gasteiger partial charge in [-0.15, -0.1) is 0 Å². The Morgan fingerprint density at radius 3 is 2.39 bits per heavy atom. The zero-order valence-electron chi connectivity index (χ0n) is 13.3. The Bertz CT molecular complexity index is 805. The Kier molecular flexibility index (Phi) is 3.69. The summed E-state index contributed by atoms with van der Waals surface area (Å²) in [5, 5.41) is 0. The van der Waals surface area contributed by atoms with Crippen LogP contribution >= 0.6 is 0 Å². The summed E-state index contributed by atoms with van der Waals surface area (Å²) in [7, 11) is 0. The van der Waals surface area contributed by atoms with Gasteiger partial charge in [-0.2, -0.15) is 4.98 Å². The maximum Gasteiger partial charge on any atom is 0.252 e. The summed E-state index contributed by atoms with van der Waals surface area (Å²) < 4.78 is 5.91. The molecule has 1 saturated heterocycles. The molecule has 0 bridgehead atoms. The van der Waals surface area contributed by atoms with Crippen LogP contribution in [0.3, 0.4) is 0 Å². The Balaban J connectivity index is 1.75. The second-order valence-electron chi connectivity index (χ2n) is 6.05. The average Bonchev–Trinajstić information content (AvgIpc) is 2.83. The van der Waals surface area contributed by atoms with Crippen LogP contribution in [0.4, 0.5) is 5.95 Å². The normalized spacial score (nSPS) is 15.8. The van der Waals surface area contributed by atoms with Gasteiger partial charge in [0.05, 0.1) is 5.69 Å². The minimum absolute atomic E-state index is 0.579. The molecule has 3 heterocycles. The van der Waals surface area contributed by atoms with Crippen LogP contribution < -0.4 is 4.90 Å². The monoisotopic (exact) mass is 308 g/mol. The lowest BCUT2D eigenvalue weighted by atomic mass is 10.2.